The zero-order chi connectivity index (χ0) is 23.8. The van der Waals surface area contributed by atoms with Crippen molar-refractivity contribution in [2.75, 3.05) is 6.61 Å². The number of ketones is 1. The average molecular weight is 450 g/mol. The van der Waals surface area contributed by atoms with Gasteiger partial charge in [-0.15, -0.1) is 0 Å². The van der Waals surface area contributed by atoms with Crippen LogP contribution in [-0.4, -0.2) is 51.7 Å². The molecular formula is C25H27N3O5. The summed E-state index contributed by atoms with van der Waals surface area (Å²) >= 11 is 0. The molecule has 0 fully saturated rings. The monoisotopic (exact) mass is 449 g/mol. The third-order valence-electron chi connectivity index (χ3n) is 5.13. The van der Waals surface area contributed by atoms with Crippen molar-refractivity contribution in [3.63, 3.8) is 0 Å². The maximum absolute atomic E-state index is 12.7. The summed E-state index contributed by atoms with van der Waals surface area (Å²) < 4.78 is 4.88. The van der Waals surface area contributed by atoms with Gasteiger partial charge in [-0.25, -0.2) is 4.79 Å². The average Bonchev–Trinajstić information content (AvgIpc) is 3.31. The maximum Gasteiger partial charge on any atom is 0.335 e. The van der Waals surface area contributed by atoms with Crippen molar-refractivity contribution in [1.29, 1.82) is 0 Å². The third kappa shape index (κ3) is 6.60. The van der Waals surface area contributed by atoms with Gasteiger partial charge < -0.3 is 15.2 Å². The minimum atomic E-state index is -1.38. The molecule has 33 heavy (non-hydrogen) atoms. The molecule has 0 radical (unpaired) electrons. The third-order valence-corrected chi connectivity index (χ3v) is 5.13. The topological polar surface area (TPSA) is 121 Å². The number of ether oxygens (including phenoxy) is 1. The number of aromatic nitrogens is 2. The normalized spacial score (nSPS) is 12.6. The summed E-state index contributed by atoms with van der Waals surface area (Å²) in [7, 11) is 0. The molecule has 1 aromatic heterocycles. The van der Waals surface area contributed by atoms with Crippen LogP contribution in [-0.2, 0) is 16.0 Å². The van der Waals surface area contributed by atoms with Gasteiger partial charge in [-0.1, -0.05) is 54.6 Å². The smallest absolute Gasteiger partial charge is 0.335 e. The van der Waals surface area contributed by atoms with E-state index < -0.39 is 24.0 Å². The number of amides is 1. The molecule has 3 N–H and O–H groups in total. The number of hydrogen-bond donors (Lipinski definition) is 3. The number of nitrogens with zero attached hydrogens (tertiary/aromatic N) is 1. The largest absolute Gasteiger partial charge is 0.464 e. The second kappa shape index (κ2) is 11.2. The number of esters is 1. The summed E-state index contributed by atoms with van der Waals surface area (Å²) in [6.07, 6.45) is -1.03. The van der Waals surface area contributed by atoms with E-state index >= 15 is 0 Å². The molecule has 1 heterocycles. The Labute approximate surface area is 192 Å². The van der Waals surface area contributed by atoms with Gasteiger partial charge in [0.15, 0.2) is 11.9 Å². The lowest BCUT2D eigenvalue weighted by molar-refractivity contribution is -0.153. The van der Waals surface area contributed by atoms with E-state index in [1.807, 2.05) is 54.6 Å². The maximum atomic E-state index is 12.7. The Kier molecular flexibility index (Phi) is 8.10. The summed E-state index contributed by atoms with van der Waals surface area (Å²) in [6.45, 7) is 3.16. The standard InChI is InChI=1S/C25H27N3O5/c1-3-33-25(32)23(30)14-20(26-24(31)22-15-21(16(2)29)27-28-22)13-17-9-11-19(12-10-17)18-7-5-4-6-8-18/h4-12,15,20,23,30H,3,13-14H2,1-2H3,(H,26,31)(H,27,28)/t20-,23-/m1/s1. The SMILES string of the molecule is CCOC(=O)[C@H](O)C[C@@H](Cc1ccc(-c2ccccc2)cc1)NC(=O)c1cc(C(C)=O)n[nH]1. The Balaban J connectivity index is 1.75. The molecule has 0 aliphatic heterocycles. The van der Waals surface area contributed by atoms with Crippen LogP contribution in [0.15, 0.2) is 60.7 Å². The first-order chi connectivity index (χ1) is 15.9. The molecule has 0 aliphatic carbocycles. The van der Waals surface area contributed by atoms with E-state index in [0.29, 0.717) is 6.42 Å². The summed E-state index contributed by atoms with van der Waals surface area (Å²) in [4.78, 5) is 36.1. The molecule has 0 saturated carbocycles. The van der Waals surface area contributed by atoms with Crippen LogP contribution < -0.4 is 5.32 Å². The number of H-pyrrole nitrogens is 1. The second-order valence-corrected chi connectivity index (χ2v) is 7.66. The van der Waals surface area contributed by atoms with Crippen molar-refractivity contribution in [3.05, 3.63) is 77.6 Å². The predicted molar refractivity (Wildman–Crippen MR) is 123 cm³/mol. The van der Waals surface area contributed by atoms with Gasteiger partial charge in [-0.2, -0.15) is 5.10 Å². The molecule has 0 saturated heterocycles. The van der Waals surface area contributed by atoms with E-state index in [1.165, 1.54) is 13.0 Å². The van der Waals surface area contributed by atoms with E-state index in [2.05, 4.69) is 15.5 Å². The molecule has 1 amide bonds. The van der Waals surface area contributed by atoms with Crippen molar-refractivity contribution < 1.29 is 24.2 Å². The van der Waals surface area contributed by atoms with Crippen molar-refractivity contribution in [2.45, 2.75) is 38.8 Å². The number of nitrogens with one attached hydrogen (secondary N) is 2. The van der Waals surface area contributed by atoms with Gasteiger partial charge in [-0.05, 0) is 36.1 Å². The van der Waals surface area contributed by atoms with Gasteiger partial charge in [0, 0.05) is 19.4 Å². The fourth-order valence-corrected chi connectivity index (χ4v) is 3.43. The van der Waals surface area contributed by atoms with Gasteiger partial charge in [0.1, 0.15) is 11.4 Å². The van der Waals surface area contributed by atoms with Crippen molar-refractivity contribution in [3.8, 4) is 11.1 Å². The molecule has 3 aromatic rings. The van der Waals surface area contributed by atoms with Crippen molar-refractivity contribution >= 4 is 17.7 Å². The molecule has 2 aromatic carbocycles. The van der Waals surface area contributed by atoms with Gasteiger partial charge in [0.25, 0.3) is 5.91 Å². The van der Waals surface area contributed by atoms with Gasteiger partial charge >= 0.3 is 5.97 Å². The van der Waals surface area contributed by atoms with Crippen LogP contribution in [0.5, 0.6) is 0 Å². The Morgan fingerprint density at radius 1 is 1.06 bits per heavy atom. The first-order valence-electron chi connectivity index (χ1n) is 10.7. The van der Waals surface area contributed by atoms with E-state index in [9.17, 15) is 19.5 Å². The highest BCUT2D eigenvalue weighted by Crippen LogP contribution is 2.20. The number of benzene rings is 2. The Morgan fingerprint density at radius 3 is 2.33 bits per heavy atom. The van der Waals surface area contributed by atoms with Gasteiger partial charge in [0.05, 0.1) is 6.61 Å². The summed E-state index contributed by atoms with van der Waals surface area (Å²) in [5.74, 6) is -1.49. The van der Waals surface area contributed by atoms with Crippen molar-refractivity contribution in [2.24, 2.45) is 0 Å². The Hall–Kier alpha value is -3.78. The predicted octanol–water partition coefficient (Wildman–Crippen LogP) is 2.93. The molecule has 0 aliphatic rings. The Morgan fingerprint density at radius 2 is 1.73 bits per heavy atom. The molecular weight excluding hydrogens is 422 g/mol. The minimum Gasteiger partial charge on any atom is -0.464 e. The molecule has 0 bridgehead atoms. The quantitative estimate of drug-likeness (QED) is 0.323. The molecule has 8 heteroatoms. The molecule has 0 unspecified atom stereocenters. The molecule has 0 spiro atoms. The number of Topliss-reactive ketones (excluding diaryl/α,β-unsaturated/α-hetero) is 1. The fourth-order valence-electron chi connectivity index (χ4n) is 3.43. The number of aliphatic hydroxyl groups excluding tert-OH is 1. The highest BCUT2D eigenvalue weighted by molar-refractivity contribution is 5.97. The highest BCUT2D eigenvalue weighted by Gasteiger charge is 2.24. The van der Waals surface area contributed by atoms with Crippen LogP contribution in [0.25, 0.3) is 11.1 Å². The summed E-state index contributed by atoms with van der Waals surface area (Å²) in [6, 6.07) is 18.6. The van der Waals surface area contributed by atoms with Crippen LogP contribution >= 0.6 is 0 Å². The lowest BCUT2D eigenvalue weighted by Crippen LogP contribution is -2.41. The Bertz CT molecular complexity index is 1090. The number of carbonyl (C=O) groups is 3. The highest BCUT2D eigenvalue weighted by atomic mass is 16.5. The first kappa shape index (κ1) is 23.9. The molecule has 2 atom stereocenters. The number of aromatic amines is 1. The second-order valence-electron chi connectivity index (χ2n) is 7.66. The van der Waals surface area contributed by atoms with Gasteiger partial charge in [-0.3, -0.25) is 14.7 Å². The lowest BCUT2D eigenvalue weighted by atomic mass is 9.97. The first-order valence-corrected chi connectivity index (χ1v) is 10.7. The number of rotatable bonds is 10. The summed E-state index contributed by atoms with van der Waals surface area (Å²) in [5.41, 5.74) is 3.34. The minimum absolute atomic E-state index is 0.0291. The van der Waals surface area contributed by atoms with Crippen LogP contribution in [0.4, 0.5) is 0 Å². The summed E-state index contributed by atoms with van der Waals surface area (Å²) in [5, 5.41) is 19.4. The van der Waals surface area contributed by atoms with Crippen LogP contribution in [0, 0.1) is 0 Å². The van der Waals surface area contributed by atoms with Gasteiger partial charge in [0.2, 0.25) is 0 Å². The number of aliphatic hydroxyl groups is 1. The molecule has 8 nitrogen and oxygen atoms in total. The number of carbonyl (C=O) groups excluding carboxylic acids is 3. The zero-order valence-corrected chi connectivity index (χ0v) is 18.6. The lowest BCUT2D eigenvalue weighted by Gasteiger charge is -2.21. The van der Waals surface area contributed by atoms with E-state index in [1.54, 1.807) is 6.92 Å². The van der Waals surface area contributed by atoms with E-state index in [4.69, 9.17) is 4.74 Å². The fraction of sp³-hybridized carbons (Fsp3) is 0.280. The van der Waals surface area contributed by atoms with Crippen LogP contribution in [0.1, 0.15) is 46.8 Å². The number of hydrogen-bond acceptors (Lipinski definition) is 6. The van der Waals surface area contributed by atoms with E-state index in [0.717, 1.165) is 16.7 Å². The van der Waals surface area contributed by atoms with E-state index in [-0.39, 0.29) is 30.2 Å². The van der Waals surface area contributed by atoms with Crippen LogP contribution in [0.3, 0.4) is 0 Å². The van der Waals surface area contributed by atoms with Crippen molar-refractivity contribution in [1.82, 2.24) is 15.5 Å². The zero-order valence-electron chi connectivity index (χ0n) is 18.6. The van der Waals surface area contributed by atoms with Crippen LogP contribution in [0.2, 0.25) is 0 Å². The molecule has 172 valence electrons. The molecule has 3 rings (SSSR count).